The molecule has 1 aromatic heterocycles. The first kappa shape index (κ1) is 22.4. The summed E-state index contributed by atoms with van der Waals surface area (Å²) in [7, 11) is 5.69. The molecule has 10 heteroatoms. The van der Waals surface area contributed by atoms with E-state index in [0.717, 1.165) is 49.0 Å². The third-order valence-electron chi connectivity index (χ3n) is 4.89. The van der Waals surface area contributed by atoms with Crippen molar-refractivity contribution in [2.24, 2.45) is 4.99 Å². The smallest absolute Gasteiger partial charge is 0.354 e. The number of nitrogens with zero attached hydrogens (tertiary/aromatic N) is 5. The fraction of sp³-hybridized carbons (Fsp3) is 0.500. The van der Waals surface area contributed by atoms with Gasteiger partial charge in [0, 0.05) is 59.2 Å². The summed E-state index contributed by atoms with van der Waals surface area (Å²) >= 11 is 1.60. The van der Waals surface area contributed by atoms with Gasteiger partial charge in [-0.3, -0.25) is 9.89 Å². The zero-order valence-electron chi connectivity index (χ0n) is 17.4. The van der Waals surface area contributed by atoms with Crippen molar-refractivity contribution in [2.45, 2.75) is 19.3 Å². The molecule has 1 aliphatic heterocycles. The van der Waals surface area contributed by atoms with Crippen LogP contribution in [0.15, 0.2) is 34.6 Å². The molecule has 1 fully saturated rings. The fourth-order valence-electron chi connectivity index (χ4n) is 3.31. The average Bonchev–Trinajstić information content (AvgIpc) is 3.19. The standard InChI is InChI=1S/C20H27F3N6S/c1-24-18(25-12-17-14-30-19(26-17)27(2)3)29-9-7-28(8-10-29)13-15-5-4-6-16(11-15)20(21,22)23/h4-6,11,14H,7-10,12-13H2,1-3H3,(H,24,25). The number of piperazine rings is 1. The molecule has 0 amide bonds. The van der Waals surface area contributed by atoms with Crippen LogP contribution < -0.4 is 10.2 Å². The summed E-state index contributed by atoms with van der Waals surface area (Å²) in [5.41, 5.74) is 1.05. The number of nitrogens with one attached hydrogen (secondary N) is 1. The Labute approximate surface area is 179 Å². The topological polar surface area (TPSA) is 47.0 Å². The molecule has 0 unspecified atom stereocenters. The molecule has 0 aliphatic carbocycles. The van der Waals surface area contributed by atoms with Crippen molar-refractivity contribution in [2.75, 3.05) is 52.2 Å². The number of rotatable bonds is 5. The van der Waals surface area contributed by atoms with Crippen molar-refractivity contribution in [3.05, 3.63) is 46.5 Å². The molecular formula is C20H27F3N6S. The second-order valence-corrected chi connectivity index (χ2v) is 8.21. The van der Waals surface area contributed by atoms with Gasteiger partial charge in [0.25, 0.3) is 0 Å². The van der Waals surface area contributed by atoms with Crippen LogP contribution in [0.5, 0.6) is 0 Å². The monoisotopic (exact) mass is 440 g/mol. The Morgan fingerprint density at radius 2 is 1.97 bits per heavy atom. The minimum absolute atomic E-state index is 0.510. The Morgan fingerprint density at radius 3 is 2.57 bits per heavy atom. The minimum Gasteiger partial charge on any atom is -0.354 e. The van der Waals surface area contributed by atoms with E-state index in [1.807, 2.05) is 24.4 Å². The van der Waals surface area contributed by atoms with E-state index in [1.54, 1.807) is 24.5 Å². The molecule has 1 saturated heterocycles. The summed E-state index contributed by atoms with van der Waals surface area (Å²) in [6, 6.07) is 5.57. The second kappa shape index (κ2) is 9.65. The molecule has 6 nitrogen and oxygen atoms in total. The van der Waals surface area contributed by atoms with Crippen LogP contribution in [0.2, 0.25) is 0 Å². The highest BCUT2D eigenvalue weighted by molar-refractivity contribution is 7.13. The number of anilines is 1. The maximum atomic E-state index is 12.9. The molecule has 164 valence electrons. The van der Waals surface area contributed by atoms with Crippen molar-refractivity contribution < 1.29 is 13.2 Å². The van der Waals surface area contributed by atoms with Gasteiger partial charge in [-0.2, -0.15) is 13.2 Å². The summed E-state index contributed by atoms with van der Waals surface area (Å²) in [4.78, 5) is 15.3. The van der Waals surface area contributed by atoms with Crippen LogP contribution in [0, 0.1) is 0 Å². The van der Waals surface area contributed by atoms with Gasteiger partial charge in [0.1, 0.15) is 0 Å². The SMILES string of the molecule is CN=C(NCc1csc(N(C)C)n1)N1CCN(Cc2cccc(C(F)(F)F)c2)CC1. The van der Waals surface area contributed by atoms with E-state index in [1.165, 1.54) is 12.1 Å². The number of alkyl halides is 3. The molecule has 3 rings (SSSR count). The predicted molar refractivity (Wildman–Crippen MR) is 115 cm³/mol. The van der Waals surface area contributed by atoms with Gasteiger partial charge in [-0.25, -0.2) is 4.98 Å². The first-order chi connectivity index (χ1) is 14.3. The lowest BCUT2D eigenvalue weighted by atomic mass is 10.1. The molecule has 30 heavy (non-hydrogen) atoms. The first-order valence-electron chi connectivity index (χ1n) is 9.72. The Balaban J connectivity index is 1.50. The van der Waals surface area contributed by atoms with E-state index in [9.17, 15) is 13.2 Å². The molecule has 0 bridgehead atoms. The van der Waals surface area contributed by atoms with Crippen molar-refractivity contribution in [3.63, 3.8) is 0 Å². The lowest BCUT2D eigenvalue weighted by Crippen LogP contribution is -2.52. The molecule has 0 radical (unpaired) electrons. The van der Waals surface area contributed by atoms with E-state index in [4.69, 9.17) is 0 Å². The quantitative estimate of drug-likeness (QED) is 0.572. The molecule has 1 aromatic carbocycles. The van der Waals surface area contributed by atoms with Crippen LogP contribution in [0.3, 0.4) is 0 Å². The van der Waals surface area contributed by atoms with Crippen molar-refractivity contribution in [1.29, 1.82) is 0 Å². The number of guanidine groups is 1. The number of benzene rings is 1. The van der Waals surface area contributed by atoms with Gasteiger partial charge in [-0.15, -0.1) is 11.3 Å². The lowest BCUT2D eigenvalue weighted by molar-refractivity contribution is -0.137. The fourth-order valence-corrected chi connectivity index (χ4v) is 4.07. The summed E-state index contributed by atoms with van der Waals surface area (Å²) in [5, 5.41) is 6.35. The summed E-state index contributed by atoms with van der Waals surface area (Å²) < 4.78 is 38.7. The van der Waals surface area contributed by atoms with Crippen LogP contribution in [0.1, 0.15) is 16.8 Å². The Kier molecular flexibility index (Phi) is 7.19. The van der Waals surface area contributed by atoms with Gasteiger partial charge in [0.15, 0.2) is 11.1 Å². The normalized spacial score (nSPS) is 16.1. The number of halogens is 3. The molecule has 2 aromatic rings. The van der Waals surface area contributed by atoms with Crippen LogP contribution in [0.25, 0.3) is 0 Å². The van der Waals surface area contributed by atoms with Crippen molar-refractivity contribution in [1.82, 2.24) is 20.1 Å². The Morgan fingerprint density at radius 1 is 1.23 bits per heavy atom. The molecular weight excluding hydrogens is 413 g/mol. The van der Waals surface area contributed by atoms with Crippen molar-refractivity contribution in [3.8, 4) is 0 Å². The number of aliphatic imine (C=N–C) groups is 1. The van der Waals surface area contributed by atoms with Gasteiger partial charge in [-0.05, 0) is 11.6 Å². The highest BCUT2D eigenvalue weighted by atomic mass is 32.1. The molecule has 1 aliphatic rings. The Bertz CT molecular complexity index is 856. The van der Waals surface area contributed by atoms with Crippen LogP contribution in [-0.2, 0) is 19.3 Å². The number of thiazole rings is 1. The molecule has 1 N–H and O–H groups in total. The van der Waals surface area contributed by atoms with Gasteiger partial charge >= 0.3 is 6.18 Å². The summed E-state index contributed by atoms with van der Waals surface area (Å²) in [6.45, 7) is 4.16. The second-order valence-electron chi connectivity index (χ2n) is 7.38. The largest absolute Gasteiger partial charge is 0.416 e. The average molecular weight is 441 g/mol. The summed E-state index contributed by atoms with van der Waals surface area (Å²) in [5.74, 6) is 0.813. The number of aromatic nitrogens is 1. The van der Waals surface area contributed by atoms with Gasteiger partial charge < -0.3 is 15.1 Å². The zero-order valence-corrected chi connectivity index (χ0v) is 18.2. The maximum absolute atomic E-state index is 12.9. The van der Waals surface area contributed by atoms with Gasteiger partial charge in [0.2, 0.25) is 0 Å². The zero-order chi connectivity index (χ0) is 21.7. The number of hydrogen-bond donors (Lipinski definition) is 1. The van der Waals surface area contributed by atoms with Crippen LogP contribution in [0.4, 0.5) is 18.3 Å². The van der Waals surface area contributed by atoms with E-state index < -0.39 is 11.7 Å². The predicted octanol–water partition coefficient (Wildman–Crippen LogP) is 3.12. The molecule has 0 spiro atoms. The van der Waals surface area contributed by atoms with E-state index in [0.29, 0.717) is 18.7 Å². The molecule has 2 heterocycles. The minimum atomic E-state index is -4.31. The van der Waals surface area contributed by atoms with E-state index in [-0.39, 0.29) is 0 Å². The van der Waals surface area contributed by atoms with Gasteiger partial charge in [-0.1, -0.05) is 18.2 Å². The number of hydrogen-bond acceptors (Lipinski definition) is 5. The maximum Gasteiger partial charge on any atom is 0.416 e. The molecule has 0 saturated carbocycles. The highest BCUT2D eigenvalue weighted by Crippen LogP contribution is 2.29. The van der Waals surface area contributed by atoms with E-state index in [2.05, 4.69) is 25.1 Å². The lowest BCUT2D eigenvalue weighted by Gasteiger charge is -2.36. The third kappa shape index (κ3) is 5.85. The Hall–Kier alpha value is -2.33. The van der Waals surface area contributed by atoms with Crippen LogP contribution in [-0.4, -0.2) is 68.1 Å². The molecule has 0 atom stereocenters. The van der Waals surface area contributed by atoms with Crippen molar-refractivity contribution >= 4 is 22.4 Å². The van der Waals surface area contributed by atoms with E-state index >= 15 is 0 Å². The van der Waals surface area contributed by atoms with Gasteiger partial charge in [0.05, 0.1) is 17.8 Å². The first-order valence-corrected chi connectivity index (χ1v) is 10.6. The summed E-state index contributed by atoms with van der Waals surface area (Å²) in [6.07, 6.45) is -4.31. The highest BCUT2D eigenvalue weighted by Gasteiger charge is 2.30. The van der Waals surface area contributed by atoms with Crippen LogP contribution >= 0.6 is 11.3 Å². The third-order valence-corrected chi connectivity index (χ3v) is 5.95.